The van der Waals surface area contributed by atoms with E-state index in [0.29, 0.717) is 25.1 Å². The Balaban J connectivity index is 1.45. The van der Waals surface area contributed by atoms with Gasteiger partial charge in [0.15, 0.2) is 0 Å². The molecule has 0 saturated heterocycles. The van der Waals surface area contributed by atoms with Crippen LogP contribution in [0, 0.1) is 0 Å². The predicted molar refractivity (Wildman–Crippen MR) is 111 cm³/mol. The highest BCUT2D eigenvalue weighted by Gasteiger charge is 2.14. The molecule has 2 aromatic rings. The maximum atomic E-state index is 11.7. The second-order valence-electron chi connectivity index (χ2n) is 6.45. The molecule has 0 saturated carbocycles. The van der Waals surface area contributed by atoms with Gasteiger partial charge < -0.3 is 19.5 Å². The number of nitrogens with one attached hydrogen (secondary N) is 1. The van der Waals surface area contributed by atoms with E-state index in [-0.39, 0.29) is 37.5 Å². The highest BCUT2D eigenvalue weighted by molar-refractivity contribution is 5.97. The van der Waals surface area contributed by atoms with Gasteiger partial charge >= 0.3 is 17.9 Å². The van der Waals surface area contributed by atoms with Gasteiger partial charge in [0.05, 0.1) is 24.2 Å². The molecule has 31 heavy (non-hydrogen) atoms. The second-order valence-corrected chi connectivity index (χ2v) is 6.45. The van der Waals surface area contributed by atoms with E-state index in [1.807, 2.05) is 6.07 Å². The lowest BCUT2D eigenvalue weighted by Gasteiger charge is -2.07. The summed E-state index contributed by atoms with van der Waals surface area (Å²) in [7, 11) is 0. The largest absolute Gasteiger partial charge is 0.460 e. The lowest BCUT2D eigenvalue weighted by Crippen LogP contribution is -2.26. The van der Waals surface area contributed by atoms with Gasteiger partial charge in [-0.3, -0.25) is 9.59 Å². The summed E-state index contributed by atoms with van der Waals surface area (Å²) in [5.41, 5.74) is 0.758. The molecular formula is C23H25NO7. The van der Waals surface area contributed by atoms with Crippen LogP contribution in [0.1, 0.15) is 40.0 Å². The fraction of sp³-hybridized carbons (Fsp3) is 0.304. The Bertz CT molecular complexity index is 853. The number of benzene rings is 2. The normalized spacial score (nSPS) is 10.2. The zero-order valence-electron chi connectivity index (χ0n) is 17.1. The molecule has 164 valence electrons. The molecule has 0 bridgehead atoms. The van der Waals surface area contributed by atoms with Crippen molar-refractivity contribution in [1.82, 2.24) is 5.32 Å². The van der Waals surface area contributed by atoms with Crippen LogP contribution in [0.25, 0.3) is 0 Å². The van der Waals surface area contributed by atoms with Crippen LogP contribution in [0.5, 0.6) is 0 Å². The Morgan fingerprint density at radius 2 is 1.32 bits per heavy atom. The molecule has 1 amide bonds. The van der Waals surface area contributed by atoms with E-state index in [1.165, 1.54) is 12.1 Å². The van der Waals surface area contributed by atoms with Crippen LogP contribution in [-0.2, 0) is 23.8 Å². The molecule has 1 N–H and O–H groups in total. The summed E-state index contributed by atoms with van der Waals surface area (Å²) in [4.78, 5) is 46.9. The van der Waals surface area contributed by atoms with E-state index in [0.717, 1.165) is 0 Å². The molecule has 0 aromatic heterocycles. The molecule has 0 unspecified atom stereocenters. The first-order chi connectivity index (χ1) is 15.1. The van der Waals surface area contributed by atoms with E-state index >= 15 is 0 Å². The maximum Gasteiger partial charge on any atom is 0.345 e. The summed E-state index contributed by atoms with van der Waals surface area (Å²) in [6.07, 6.45) is 0.306. The van der Waals surface area contributed by atoms with Gasteiger partial charge in [-0.25, -0.2) is 9.59 Å². The molecule has 0 aliphatic carbocycles. The number of carbonyl (C=O) groups is 4. The van der Waals surface area contributed by atoms with E-state index in [1.54, 1.807) is 42.5 Å². The molecule has 0 spiro atoms. The second kappa shape index (κ2) is 13.7. The van der Waals surface area contributed by atoms with Crippen molar-refractivity contribution in [1.29, 1.82) is 0 Å². The van der Waals surface area contributed by atoms with Gasteiger partial charge in [0.2, 0.25) is 5.91 Å². The summed E-state index contributed by atoms with van der Waals surface area (Å²) in [5, 5.41) is 2.66. The molecule has 0 radical (unpaired) electrons. The van der Waals surface area contributed by atoms with Crippen molar-refractivity contribution in [2.45, 2.75) is 19.3 Å². The third-order valence-electron chi connectivity index (χ3n) is 4.03. The van der Waals surface area contributed by atoms with Gasteiger partial charge in [-0.15, -0.1) is 0 Å². The Hall–Kier alpha value is -3.52. The van der Waals surface area contributed by atoms with Gasteiger partial charge in [0, 0.05) is 19.6 Å². The number of esters is 3. The highest BCUT2D eigenvalue weighted by Crippen LogP contribution is 2.03. The average Bonchev–Trinajstić information content (AvgIpc) is 2.80. The third kappa shape index (κ3) is 9.68. The van der Waals surface area contributed by atoms with Gasteiger partial charge in [-0.1, -0.05) is 36.4 Å². The molecule has 0 fully saturated rings. The zero-order chi connectivity index (χ0) is 22.3. The molecule has 0 heterocycles. The Labute approximate surface area is 180 Å². The fourth-order valence-electron chi connectivity index (χ4n) is 2.45. The van der Waals surface area contributed by atoms with Crippen molar-refractivity contribution in [2.24, 2.45) is 0 Å². The SMILES string of the molecule is O=C(CCC(=O)OC(=O)c1ccccc1)NCCCOCCOC(=O)c1ccccc1. The lowest BCUT2D eigenvalue weighted by atomic mass is 10.2. The number of amides is 1. The Morgan fingerprint density at radius 1 is 0.710 bits per heavy atom. The summed E-state index contributed by atoms with van der Waals surface area (Å²) in [5.74, 6) is -2.21. The third-order valence-corrected chi connectivity index (χ3v) is 4.03. The first-order valence-corrected chi connectivity index (χ1v) is 9.93. The van der Waals surface area contributed by atoms with E-state index in [9.17, 15) is 19.2 Å². The minimum Gasteiger partial charge on any atom is -0.460 e. The predicted octanol–water partition coefficient (Wildman–Crippen LogP) is 2.53. The van der Waals surface area contributed by atoms with Gasteiger partial charge in [-0.2, -0.15) is 0 Å². The smallest absolute Gasteiger partial charge is 0.345 e. The molecule has 0 aliphatic heterocycles. The average molecular weight is 427 g/mol. The van der Waals surface area contributed by atoms with Crippen molar-refractivity contribution in [3.05, 3.63) is 71.8 Å². The molecule has 2 aromatic carbocycles. The first kappa shape index (κ1) is 23.8. The molecule has 0 aliphatic rings. The van der Waals surface area contributed by atoms with Gasteiger partial charge in [-0.05, 0) is 30.7 Å². The minimum absolute atomic E-state index is 0.0722. The monoisotopic (exact) mass is 427 g/mol. The fourth-order valence-corrected chi connectivity index (χ4v) is 2.45. The van der Waals surface area contributed by atoms with Crippen LogP contribution >= 0.6 is 0 Å². The topological polar surface area (TPSA) is 108 Å². The number of carbonyl (C=O) groups excluding carboxylic acids is 4. The van der Waals surface area contributed by atoms with Crippen molar-refractivity contribution < 1.29 is 33.4 Å². The molecule has 2 rings (SSSR count). The Morgan fingerprint density at radius 3 is 1.97 bits per heavy atom. The quantitative estimate of drug-likeness (QED) is 0.315. The van der Waals surface area contributed by atoms with Crippen molar-refractivity contribution in [3.63, 3.8) is 0 Å². The van der Waals surface area contributed by atoms with Crippen LogP contribution in [0.4, 0.5) is 0 Å². The van der Waals surface area contributed by atoms with Crippen LogP contribution in [0.2, 0.25) is 0 Å². The van der Waals surface area contributed by atoms with Crippen LogP contribution < -0.4 is 5.32 Å². The molecule has 8 nitrogen and oxygen atoms in total. The van der Waals surface area contributed by atoms with Crippen LogP contribution in [-0.4, -0.2) is 50.2 Å². The summed E-state index contributed by atoms with van der Waals surface area (Å²) >= 11 is 0. The number of hydrogen-bond acceptors (Lipinski definition) is 7. The highest BCUT2D eigenvalue weighted by atomic mass is 16.6. The van der Waals surface area contributed by atoms with Crippen LogP contribution in [0.3, 0.4) is 0 Å². The number of ether oxygens (including phenoxy) is 3. The zero-order valence-corrected chi connectivity index (χ0v) is 17.1. The van der Waals surface area contributed by atoms with Gasteiger partial charge in [0.1, 0.15) is 6.61 Å². The summed E-state index contributed by atoms with van der Waals surface area (Å²) in [6, 6.07) is 16.8. The number of hydrogen-bond donors (Lipinski definition) is 1. The van der Waals surface area contributed by atoms with Crippen LogP contribution in [0.15, 0.2) is 60.7 Å². The van der Waals surface area contributed by atoms with Crippen molar-refractivity contribution in [3.8, 4) is 0 Å². The summed E-state index contributed by atoms with van der Waals surface area (Å²) < 4.78 is 15.1. The molecular weight excluding hydrogens is 402 g/mol. The summed E-state index contributed by atoms with van der Waals surface area (Å²) in [6.45, 7) is 1.16. The number of rotatable bonds is 12. The van der Waals surface area contributed by atoms with Crippen molar-refractivity contribution in [2.75, 3.05) is 26.4 Å². The van der Waals surface area contributed by atoms with Gasteiger partial charge in [0.25, 0.3) is 0 Å². The molecule has 0 atom stereocenters. The molecule has 8 heteroatoms. The standard InChI is InChI=1S/C23H25NO7/c25-20(12-13-21(26)31-23(28)19-10-5-2-6-11-19)24-14-7-15-29-16-17-30-22(27)18-8-3-1-4-9-18/h1-6,8-11H,7,12-17H2,(H,24,25). The van der Waals surface area contributed by atoms with E-state index in [4.69, 9.17) is 14.2 Å². The first-order valence-electron chi connectivity index (χ1n) is 9.93. The lowest BCUT2D eigenvalue weighted by molar-refractivity contribution is -0.139. The van der Waals surface area contributed by atoms with Crippen molar-refractivity contribution >= 4 is 23.8 Å². The maximum absolute atomic E-state index is 11.7. The van der Waals surface area contributed by atoms with E-state index in [2.05, 4.69) is 5.32 Å². The van der Waals surface area contributed by atoms with E-state index < -0.39 is 17.9 Å². The Kier molecular flexibility index (Phi) is 10.5. The minimum atomic E-state index is -0.752.